The molecule has 148 valence electrons. The highest BCUT2D eigenvalue weighted by Gasteiger charge is 2.30. The summed E-state index contributed by atoms with van der Waals surface area (Å²) in [6.45, 7) is 4.42. The van der Waals surface area contributed by atoms with Gasteiger partial charge < -0.3 is 0 Å². The van der Waals surface area contributed by atoms with Crippen LogP contribution in [0.1, 0.15) is 69.1 Å². The number of nitrogens with zero attached hydrogens (tertiary/aromatic N) is 1. The third-order valence-corrected chi connectivity index (χ3v) is 5.56. The van der Waals surface area contributed by atoms with Crippen molar-refractivity contribution in [1.29, 1.82) is 0 Å². The lowest BCUT2D eigenvalue weighted by atomic mass is 9.86. The van der Waals surface area contributed by atoms with Crippen molar-refractivity contribution in [2.75, 3.05) is 4.90 Å². The summed E-state index contributed by atoms with van der Waals surface area (Å²) in [5.41, 5.74) is 5.46. The monoisotopic (exact) mass is 377 g/mol. The molecule has 3 heteroatoms. The fourth-order valence-corrected chi connectivity index (χ4v) is 4.15. The van der Waals surface area contributed by atoms with Gasteiger partial charge in [-0.25, -0.2) is 0 Å². The van der Waals surface area contributed by atoms with Gasteiger partial charge in [-0.1, -0.05) is 57.4 Å². The van der Waals surface area contributed by atoms with Crippen molar-refractivity contribution in [3.63, 3.8) is 0 Å². The number of carbonyl (C=O) groups excluding carboxylic acids is 2. The first-order valence-corrected chi connectivity index (χ1v) is 10.7. The zero-order valence-electron chi connectivity index (χ0n) is 17.2. The Kier molecular flexibility index (Phi) is 7.02. The third kappa shape index (κ3) is 4.52. The molecule has 0 aromatic heterocycles. The average Bonchev–Trinajstić information content (AvgIpc) is 2.84. The predicted molar refractivity (Wildman–Crippen MR) is 115 cm³/mol. The highest BCUT2D eigenvalue weighted by atomic mass is 16.2. The molecule has 0 spiro atoms. The lowest BCUT2D eigenvalue weighted by Crippen LogP contribution is -2.26. The Hall–Kier alpha value is -2.42. The number of carbonyl (C=O) groups is 2. The van der Waals surface area contributed by atoms with Crippen molar-refractivity contribution in [3.05, 3.63) is 59.2 Å². The minimum absolute atomic E-state index is 0.0155. The molecule has 1 aliphatic heterocycles. The molecule has 0 unspecified atom stereocenters. The van der Waals surface area contributed by atoms with Gasteiger partial charge in [0.2, 0.25) is 5.91 Å². The predicted octanol–water partition coefficient (Wildman–Crippen LogP) is 5.94. The van der Waals surface area contributed by atoms with Crippen molar-refractivity contribution in [3.8, 4) is 0 Å². The summed E-state index contributed by atoms with van der Waals surface area (Å²) < 4.78 is 0. The highest BCUT2D eigenvalue weighted by molar-refractivity contribution is 6.12. The Morgan fingerprint density at radius 3 is 2.21 bits per heavy atom. The number of aryl methyl sites for hydroxylation is 1. The molecule has 0 bridgehead atoms. The second-order valence-corrected chi connectivity index (χ2v) is 7.72. The van der Waals surface area contributed by atoms with E-state index in [4.69, 9.17) is 0 Å². The lowest BCUT2D eigenvalue weighted by molar-refractivity contribution is -0.125. The van der Waals surface area contributed by atoms with E-state index in [2.05, 4.69) is 19.9 Å². The van der Waals surface area contributed by atoms with Crippen molar-refractivity contribution < 1.29 is 9.59 Å². The van der Waals surface area contributed by atoms with Crippen LogP contribution in [-0.2, 0) is 28.9 Å². The van der Waals surface area contributed by atoms with E-state index in [0.29, 0.717) is 6.42 Å². The fourth-order valence-electron chi connectivity index (χ4n) is 4.15. The topological polar surface area (TPSA) is 37.4 Å². The molecule has 28 heavy (non-hydrogen) atoms. The number of hydrogen-bond donors (Lipinski definition) is 0. The van der Waals surface area contributed by atoms with Gasteiger partial charge in [0.1, 0.15) is 5.78 Å². The van der Waals surface area contributed by atoms with E-state index < -0.39 is 0 Å². The van der Waals surface area contributed by atoms with E-state index in [9.17, 15) is 9.59 Å². The Morgan fingerprint density at radius 1 is 0.821 bits per heavy atom. The van der Waals surface area contributed by atoms with Crippen molar-refractivity contribution in [1.82, 2.24) is 0 Å². The van der Waals surface area contributed by atoms with Crippen molar-refractivity contribution in [2.45, 2.75) is 71.6 Å². The lowest BCUT2D eigenvalue weighted by Gasteiger charge is -2.27. The van der Waals surface area contributed by atoms with E-state index in [1.165, 1.54) is 36.8 Å². The van der Waals surface area contributed by atoms with Crippen LogP contribution in [0.15, 0.2) is 42.5 Å². The molecule has 0 atom stereocenters. The van der Waals surface area contributed by atoms with Crippen LogP contribution in [0.2, 0.25) is 0 Å². The maximum atomic E-state index is 12.7. The number of benzene rings is 2. The second kappa shape index (κ2) is 9.68. The quantitative estimate of drug-likeness (QED) is 0.621. The summed E-state index contributed by atoms with van der Waals surface area (Å²) in [7, 11) is 0. The molecule has 0 saturated heterocycles. The van der Waals surface area contributed by atoms with Gasteiger partial charge in [-0.05, 0) is 60.6 Å². The zero-order chi connectivity index (χ0) is 19.9. The van der Waals surface area contributed by atoms with Gasteiger partial charge in [-0.3, -0.25) is 14.5 Å². The first-order chi connectivity index (χ1) is 13.7. The summed E-state index contributed by atoms with van der Waals surface area (Å²) in [4.78, 5) is 26.7. The first-order valence-electron chi connectivity index (χ1n) is 10.7. The van der Waals surface area contributed by atoms with Gasteiger partial charge in [0.15, 0.2) is 0 Å². The molecule has 1 amide bonds. The van der Waals surface area contributed by atoms with Crippen LogP contribution in [-0.4, -0.2) is 11.7 Å². The van der Waals surface area contributed by atoms with Gasteiger partial charge >= 0.3 is 0 Å². The molecule has 2 aromatic carbocycles. The number of anilines is 2. The van der Waals surface area contributed by atoms with Gasteiger partial charge in [0, 0.05) is 12.1 Å². The highest BCUT2D eigenvalue weighted by Crippen LogP contribution is 2.37. The average molecular weight is 378 g/mol. The van der Waals surface area contributed by atoms with Gasteiger partial charge in [0.05, 0.1) is 12.1 Å². The molecule has 0 N–H and O–H groups in total. The number of hydrogen-bond acceptors (Lipinski definition) is 2. The molecular weight excluding hydrogens is 346 g/mol. The largest absolute Gasteiger partial charge is 0.299 e. The van der Waals surface area contributed by atoms with E-state index >= 15 is 0 Å². The maximum Gasteiger partial charge on any atom is 0.239 e. The van der Waals surface area contributed by atoms with Crippen LogP contribution < -0.4 is 4.90 Å². The Morgan fingerprint density at radius 2 is 1.54 bits per heavy atom. The Bertz CT molecular complexity index is 824. The fraction of sp³-hybridized carbons (Fsp3) is 0.440. The number of amides is 1. The molecule has 2 aliphatic rings. The van der Waals surface area contributed by atoms with Gasteiger partial charge in [-0.2, -0.15) is 0 Å². The Labute approximate surface area is 168 Å². The third-order valence-electron chi connectivity index (χ3n) is 5.56. The smallest absolute Gasteiger partial charge is 0.239 e. The summed E-state index contributed by atoms with van der Waals surface area (Å²) in [6.07, 6.45) is 8.91. The van der Waals surface area contributed by atoms with Crippen LogP contribution in [0, 0.1) is 0 Å². The zero-order valence-corrected chi connectivity index (χ0v) is 17.2. The minimum atomic E-state index is -0.129. The van der Waals surface area contributed by atoms with Crippen LogP contribution >= 0.6 is 0 Å². The molecule has 4 rings (SSSR count). The number of fused-ring (bicyclic) bond motifs is 3. The van der Waals surface area contributed by atoms with Crippen LogP contribution in [0.3, 0.4) is 0 Å². The molecule has 3 nitrogen and oxygen atoms in total. The van der Waals surface area contributed by atoms with Crippen LogP contribution in [0.5, 0.6) is 0 Å². The molecule has 0 saturated carbocycles. The SMILES string of the molecule is CCCCC.O=C1CC(=O)N(c2ccccc2)c2ccc3c(c2C1)CCCC3. The van der Waals surface area contributed by atoms with E-state index in [1.54, 1.807) is 4.90 Å². The molecule has 1 aliphatic carbocycles. The summed E-state index contributed by atoms with van der Waals surface area (Å²) >= 11 is 0. The van der Waals surface area contributed by atoms with Gasteiger partial charge in [0.25, 0.3) is 0 Å². The van der Waals surface area contributed by atoms with E-state index in [0.717, 1.165) is 36.2 Å². The number of unbranched alkanes of at least 4 members (excludes halogenated alkanes) is 2. The van der Waals surface area contributed by atoms with Crippen LogP contribution in [0.25, 0.3) is 0 Å². The number of Topliss-reactive ketones (excluding diaryl/α,β-unsaturated/α-hetero) is 1. The maximum absolute atomic E-state index is 12.7. The molecule has 1 heterocycles. The molecule has 2 aromatic rings. The van der Waals surface area contributed by atoms with E-state index in [1.807, 2.05) is 36.4 Å². The molecular formula is C25H31NO2. The number of ketones is 1. The number of para-hydroxylation sites is 1. The first kappa shape index (κ1) is 20.3. The molecule has 0 fully saturated rings. The molecule has 0 radical (unpaired) electrons. The van der Waals surface area contributed by atoms with E-state index in [-0.39, 0.29) is 18.1 Å². The normalized spacial score (nSPS) is 15.9. The van der Waals surface area contributed by atoms with Gasteiger partial charge in [-0.15, -0.1) is 0 Å². The number of rotatable bonds is 3. The summed E-state index contributed by atoms with van der Waals surface area (Å²) in [5.74, 6) is -0.107. The summed E-state index contributed by atoms with van der Waals surface area (Å²) in [5, 5.41) is 0. The summed E-state index contributed by atoms with van der Waals surface area (Å²) in [6, 6.07) is 13.8. The Balaban J connectivity index is 0.000000403. The minimum Gasteiger partial charge on any atom is -0.299 e. The second-order valence-electron chi connectivity index (χ2n) is 7.72. The van der Waals surface area contributed by atoms with Crippen molar-refractivity contribution >= 4 is 23.1 Å². The van der Waals surface area contributed by atoms with Crippen molar-refractivity contribution in [2.24, 2.45) is 0 Å². The van der Waals surface area contributed by atoms with Crippen LogP contribution in [0.4, 0.5) is 11.4 Å². The standard InChI is InChI=1S/C20H19NO2.C5H12/c22-16-12-18-17-9-5-4-6-14(17)10-11-19(18)21(20(23)13-16)15-7-2-1-3-8-15;1-3-5-4-2/h1-3,7-8,10-11H,4-6,9,12-13H2;3-5H2,1-2H3.